The van der Waals surface area contributed by atoms with E-state index in [1.807, 2.05) is 0 Å². The van der Waals surface area contributed by atoms with Crippen molar-refractivity contribution in [2.24, 2.45) is 20.6 Å². The molecule has 131 valence electrons. The molecule has 0 atom stereocenters. The molecule has 23 heavy (non-hydrogen) atoms. The molecule has 0 aliphatic rings. The second kappa shape index (κ2) is 28.2. The summed E-state index contributed by atoms with van der Waals surface area (Å²) in [4.78, 5) is 0. The second-order valence-electron chi connectivity index (χ2n) is 2.89. The summed E-state index contributed by atoms with van der Waals surface area (Å²) in [6, 6.07) is 0. The maximum Gasteiger partial charge on any atom is 2.00 e. The van der Waals surface area contributed by atoms with Crippen LogP contribution in [0.5, 0.6) is 0 Å². The summed E-state index contributed by atoms with van der Waals surface area (Å²) in [6.07, 6.45) is 0. The van der Waals surface area contributed by atoms with Gasteiger partial charge in [-0.25, -0.2) is 0 Å². The summed E-state index contributed by atoms with van der Waals surface area (Å²) in [5.74, 6) is 0. The molecule has 0 rings (SSSR count). The summed E-state index contributed by atoms with van der Waals surface area (Å²) in [5, 5.41) is 65.3. The Morgan fingerprint density at radius 2 is 0.739 bits per heavy atom. The van der Waals surface area contributed by atoms with Crippen LogP contribution in [0.3, 0.4) is 0 Å². The van der Waals surface area contributed by atoms with E-state index in [9.17, 15) is 20.8 Å². The minimum absolute atomic E-state index is 0. The van der Waals surface area contributed by atoms with Crippen LogP contribution in [0.2, 0.25) is 0 Å². The van der Waals surface area contributed by atoms with Crippen molar-refractivity contribution < 1.29 is 16.8 Å². The third kappa shape index (κ3) is 33.1. The van der Waals surface area contributed by atoms with Gasteiger partial charge < -0.3 is 52.3 Å². The molecule has 0 spiro atoms. The maximum absolute atomic E-state index is 9.60. The van der Waals surface area contributed by atoms with Gasteiger partial charge in [0.15, 0.2) is 0 Å². The molecule has 0 unspecified atom stereocenters. The third-order valence-corrected chi connectivity index (χ3v) is 1.59. The first-order valence-corrected chi connectivity index (χ1v) is 5.80. The molecule has 0 aliphatic heterocycles. The fourth-order valence-corrected chi connectivity index (χ4v) is 0.264. The fourth-order valence-electron chi connectivity index (χ4n) is 0.264. The molecule has 13 heteroatoms. The van der Waals surface area contributed by atoms with E-state index in [1.54, 1.807) is 0 Å². The van der Waals surface area contributed by atoms with Crippen LogP contribution >= 0.6 is 24.4 Å². The number of hydrogen-bond donors (Lipinski definition) is 0. The smallest absolute Gasteiger partial charge is 0.792 e. The zero-order valence-electron chi connectivity index (χ0n) is 12.5. The van der Waals surface area contributed by atoms with Crippen molar-refractivity contribution in [1.29, 1.82) is 0 Å². The average molecular weight is 403 g/mol. The van der Waals surface area contributed by atoms with Crippen molar-refractivity contribution in [3.8, 4) is 0 Å². The number of isothiocyanates is 2. The van der Waals surface area contributed by atoms with Crippen molar-refractivity contribution in [2.75, 3.05) is 0 Å². The van der Waals surface area contributed by atoms with Crippen LogP contribution in [0.1, 0.15) is 27.7 Å². The van der Waals surface area contributed by atoms with Crippen LogP contribution in [0, 0.1) is 20.8 Å². The molecule has 0 amide bonds. The van der Waals surface area contributed by atoms with Gasteiger partial charge in [-0.3, -0.25) is 0 Å². The summed E-state index contributed by atoms with van der Waals surface area (Å²) in [6.45, 7) is 5.74. The van der Waals surface area contributed by atoms with Crippen LogP contribution < -0.4 is 0 Å². The Labute approximate surface area is 154 Å². The Kier molecular flexibility index (Phi) is 40.2. The molecular formula is C10H12CoN6O4S2-4. The Morgan fingerprint density at radius 3 is 0.783 bits per heavy atom. The van der Waals surface area contributed by atoms with Crippen LogP contribution in [-0.2, 0) is 16.8 Å². The molecule has 0 fully saturated rings. The molecule has 0 aliphatic carbocycles. The van der Waals surface area contributed by atoms with Gasteiger partial charge in [0.2, 0.25) is 0 Å². The fraction of sp³-hybridized carbons (Fsp3) is 0.400. The Hall–Kier alpha value is -2.01. The predicted molar refractivity (Wildman–Crippen MR) is 97.8 cm³/mol. The van der Waals surface area contributed by atoms with Gasteiger partial charge >= 0.3 is 16.8 Å². The SMILES string of the molecule is CC(=N[O-])C(C)=N[O-].CC(=N[O-])C(C)=N[O-].[Co+2].[N-]=C=S.[N-]=C=S. The molecule has 10 nitrogen and oxygen atoms in total. The normalized spacial score (nSPS) is 10.6. The minimum atomic E-state index is 0. The Balaban J connectivity index is -0.0000000680. The third-order valence-electron chi connectivity index (χ3n) is 1.59. The van der Waals surface area contributed by atoms with E-state index >= 15 is 0 Å². The van der Waals surface area contributed by atoms with E-state index in [2.05, 4.69) is 45.1 Å². The van der Waals surface area contributed by atoms with Gasteiger partial charge in [-0.05, 0) is 27.7 Å². The number of thiocarbonyl (C=S) groups is 2. The van der Waals surface area contributed by atoms with Gasteiger partial charge in [0, 0.05) is 22.8 Å². The molecule has 0 saturated heterocycles. The van der Waals surface area contributed by atoms with Gasteiger partial charge in [0.1, 0.15) is 0 Å². The van der Waals surface area contributed by atoms with E-state index in [0.29, 0.717) is 0 Å². The standard InChI is InChI=1S/2C4H8N2O2.2CNS.Co/c2*1-3(5-7)4(2)6-8;2*2-1-3;/h2*7-8H,1-2H3;;;/q;;2*-1;+2/p-4. The van der Waals surface area contributed by atoms with Crippen molar-refractivity contribution >= 4 is 57.6 Å². The minimum Gasteiger partial charge on any atom is -0.792 e. The molecule has 0 aromatic carbocycles. The molecule has 1 radical (unpaired) electrons. The van der Waals surface area contributed by atoms with Gasteiger partial charge in [-0.15, -0.1) is 0 Å². The first kappa shape index (κ1) is 32.8. The van der Waals surface area contributed by atoms with Crippen molar-refractivity contribution in [1.82, 2.24) is 0 Å². The quantitative estimate of drug-likeness (QED) is 0.387. The van der Waals surface area contributed by atoms with E-state index in [4.69, 9.17) is 10.8 Å². The molecule has 0 aromatic rings. The molecular weight excluding hydrogens is 391 g/mol. The van der Waals surface area contributed by atoms with E-state index in [0.717, 1.165) is 0 Å². The maximum atomic E-state index is 9.60. The van der Waals surface area contributed by atoms with Gasteiger partial charge in [0.05, 0.1) is 0 Å². The topological polar surface area (TPSA) is 186 Å². The second-order valence-corrected chi connectivity index (χ2v) is 3.25. The molecule has 0 aromatic heterocycles. The monoisotopic (exact) mass is 403 g/mol. The van der Waals surface area contributed by atoms with Gasteiger partial charge in [-0.2, -0.15) is 10.3 Å². The van der Waals surface area contributed by atoms with Crippen LogP contribution in [0.15, 0.2) is 20.6 Å². The Morgan fingerprint density at radius 1 is 0.652 bits per heavy atom. The summed E-state index contributed by atoms with van der Waals surface area (Å²) in [7, 11) is 0. The molecule has 0 N–H and O–H groups in total. The number of rotatable bonds is 2. The first-order valence-electron chi connectivity index (χ1n) is 4.98. The zero-order chi connectivity index (χ0) is 18.6. The van der Waals surface area contributed by atoms with Crippen molar-refractivity contribution in [3.05, 3.63) is 31.6 Å². The Bertz CT molecular complexity index is 406. The largest absolute Gasteiger partial charge is 2.00 e. The summed E-state index contributed by atoms with van der Waals surface area (Å²) in [5.41, 5.74) is 0.556. The molecule has 0 bridgehead atoms. The first-order chi connectivity index (χ1) is 10.3. The van der Waals surface area contributed by atoms with Gasteiger partial charge in [0.25, 0.3) is 0 Å². The summed E-state index contributed by atoms with van der Waals surface area (Å²) < 4.78 is 0. The van der Waals surface area contributed by atoms with Crippen LogP contribution in [-0.4, -0.2) is 33.2 Å². The van der Waals surface area contributed by atoms with Crippen molar-refractivity contribution in [3.63, 3.8) is 0 Å². The molecule has 0 saturated carbocycles. The van der Waals surface area contributed by atoms with Gasteiger partial charge in [-0.1, -0.05) is 24.4 Å². The predicted octanol–water partition coefficient (Wildman–Crippen LogP) is 3.12. The number of nitrogens with zero attached hydrogens (tertiary/aromatic N) is 6. The van der Waals surface area contributed by atoms with E-state index in [-0.39, 0.29) is 39.6 Å². The van der Waals surface area contributed by atoms with E-state index in [1.165, 1.54) is 38.0 Å². The average Bonchev–Trinajstić information content (AvgIpc) is 2.53. The summed E-state index contributed by atoms with van der Waals surface area (Å²) >= 11 is 7.40. The van der Waals surface area contributed by atoms with E-state index < -0.39 is 0 Å². The number of hydrogen-bond acceptors (Lipinski definition) is 10. The molecule has 0 heterocycles. The van der Waals surface area contributed by atoms with Crippen molar-refractivity contribution in [2.45, 2.75) is 27.7 Å². The van der Waals surface area contributed by atoms with Crippen LogP contribution in [0.4, 0.5) is 0 Å². The zero-order valence-corrected chi connectivity index (χ0v) is 15.1. The van der Waals surface area contributed by atoms with Crippen LogP contribution in [0.25, 0.3) is 10.8 Å².